The van der Waals surface area contributed by atoms with Crippen LogP contribution in [0.1, 0.15) is 18.4 Å². The van der Waals surface area contributed by atoms with Gasteiger partial charge in [0.25, 0.3) is 0 Å². The minimum Gasteiger partial charge on any atom is -0.330 e. The fourth-order valence-corrected chi connectivity index (χ4v) is 2.18. The second-order valence-corrected chi connectivity index (χ2v) is 4.39. The molecule has 16 heavy (non-hydrogen) atoms. The molecular weight excluding hydrogens is 196 g/mol. The third-order valence-electron chi connectivity index (χ3n) is 3.02. The highest BCUT2D eigenvalue weighted by molar-refractivity contribution is 5.16. The van der Waals surface area contributed by atoms with Crippen LogP contribution in [-0.4, -0.2) is 24.5 Å². The van der Waals surface area contributed by atoms with E-state index in [0.717, 1.165) is 26.1 Å². The van der Waals surface area contributed by atoms with Crippen molar-refractivity contribution in [2.45, 2.75) is 19.4 Å². The molecule has 1 aliphatic heterocycles. The summed E-state index contributed by atoms with van der Waals surface area (Å²) >= 11 is 0. The van der Waals surface area contributed by atoms with Crippen molar-refractivity contribution in [2.75, 3.05) is 19.6 Å². The summed E-state index contributed by atoms with van der Waals surface area (Å²) in [5.41, 5.74) is 8.47. The molecule has 0 atom stereocenters. The summed E-state index contributed by atoms with van der Waals surface area (Å²) in [5, 5.41) is 0. The number of nitrogens with two attached hydrogens (primary N) is 1. The van der Waals surface area contributed by atoms with E-state index in [0.29, 0.717) is 0 Å². The van der Waals surface area contributed by atoms with Crippen LogP contribution in [0.5, 0.6) is 0 Å². The van der Waals surface area contributed by atoms with Crippen LogP contribution in [-0.2, 0) is 6.54 Å². The summed E-state index contributed by atoms with van der Waals surface area (Å²) in [7, 11) is 0. The molecule has 0 bridgehead atoms. The van der Waals surface area contributed by atoms with Crippen molar-refractivity contribution in [3.05, 3.63) is 47.5 Å². The van der Waals surface area contributed by atoms with E-state index in [-0.39, 0.29) is 0 Å². The molecule has 1 aromatic rings. The summed E-state index contributed by atoms with van der Waals surface area (Å²) in [6.45, 7) is 4.14. The molecule has 2 N–H and O–H groups in total. The molecule has 0 aromatic heterocycles. The molecule has 2 heteroatoms. The average Bonchev–Trinajstić information content (AvgIpc) is 2.75. The van der Waals surface area contributed by atoms with Gasteiger partial charge in [-0.2, -0.15) is 0 Å². The van der Waals surface area contributed by atoms with Crippen molar-refractivity contribution in [2.24, 2.45) is 5.73 Å². The van der Waals surface area contributed by atoms with Gasteiger partial charge in [-0.1, -0.05) is 42.0 Å². The third-order valence-corrected chi connectivity index (χ3v) is 3.02. The highest BCUT2D eigenvalue weighted by Crippen LogP contribution is 2.17. The van der Waals surface area contributed by atoms with Crippen molar-refractivity contribution in [1.82, 2.24) is 4.90 Å². The van der Waals surface area contributed by atoms with E-state index in [4.69, 9.17) is 5.73 Å². The lowest BCUT2D eigenvalue weighted by molar-refractivity contribution is 0.337. The van der Waals surface area contributed by atoms with Crippen LogP contribution < -0.4 is 5.73 Å². The summed E-state index contributed by atoms with van der Waals surface area (Å²) in [5.74, 6) is 0. The fourth-order valence-electron chi connectivity index (χ4n) is 2.18. The lowest BCUT2D eigenvalue weighted by Gasteiger charge is -2.14. The molecule has 0 radical (unpaired) electrons. The Hall–Kier alpha value is -1.12. The average molecular weight is 216 g/mol. The van der Waals surface area contributed by atoms with E-state index in [9.17, 15) is 0 Å². The Morgan fingerprint density at radius 1 is 1.25 bits per heavy atom. The lowest BCUT2D eigenvalue weighted by atomic mass is 10.2. The van der Waals surface area contributed by atoms with E-state index in [2.05, 4.69) is 41.3 Å². The van der Waals surface area contributed by atoms with E-state index in [1.165, 1.54) is 18.5 Å². The minimum atomic E-state index is 0.766. The predicted octanol–water partition coefficient (Wildman–Crippen LogP) is 2.17. The van der Waals surface area contributed by atoms with Crippen LogP contribution in [0.3, 0.4) is 0 Å². The standard InChI is InChI=1S/C14H20N2/c15-9-4-7-14-8-10-16(12-14)11-13-5-2-1-3-6-13/h1-3,5-7H,4,8-12,15H2. The van der Waals surface area contributed by atoms with Crippen LogP contribution in [0, 0.1) is 0 Å². The van der Waals surface area contributed by atoms with Gasteiger partial charge < -0.3 is 5.73 Å². The lowest BCUT2D eigenvalue weighted by Crippen LogP contribution is -2.18. The molecule has 2 rings (SSSR count). The smallest absolute Gasteiger partial charge is 0.0237 e. The molecule has 0 unspecified atom stereocenters. The van der Waals surface area contributed by atoms with Crippen LogP contribution in [0.15, 0.2) is 42.0 Å². The zero-order chi connectivity index (χ0) is 11.2. The van der Waals surface area contributed by atoms with Gasteiger partial charge in [0.15, 0.2) is 0 Å². The maximum absolute atomic E-state index is 5.51. The molecule has 1 heterocycles. The van der Waals surface area contributed by atoms with Crippen molar-refractivity contribution < 1.29 is 0 Å². The third kappa shape index (κ3) is 3.19. The van der Waals surface area contributed by atoms with Crippen LogP contribution in [0.4, 0.5) is 0 Å². The molecule has 0 saturated carbocycles. The number of rotatable bonds is 4. The maximum Gasteiger partial charge on any atom is 0.0237 e. The molecule has 0 aliphatic carbocycles. The fraction of sp³-hybridized carbons (Fsp3) is 0.429. The Morgan fingerprint density at radius 3 is 2.81 bits per heavy atom. The zero-order valence-electron chi connectivity index (χ0n) is 9.73. The Morgan fingerprint density at radius 2 is 2.06 bits per heavy atom. The Labute approximate surface area is 97.8 Å². The molecule has 1 saturated heterocycles. The van der Waals surface area contributed by atoms with Gasteiger partial charge in [-0.15, -0.1) is 0 Å². The van der Waals surface area contributed by atoms with Crippen molar-refractivity contribution in [1.29, 1.82) is 0 Å². The molecule has 2 nitrogen and oxygen atoms in total. The second kappa shape index (κ2) is 5.83. The van der Waals surface area contributed by atoms with Crippen molar-refractivity contribution in [3.8, 4) is 0 Å². The topological polar surface area (TPSA) is 29.3 Å². The predicted molar refractivity (Wildman–Crippen MR) is 68.1 cm³/mol. The molecule has 1 fully saturated rings. The summed E-state index contributed by atoms with van der Waals surface area (Å²) in [6, 6.07) is 10.7. The summed E-state index contributed by atoms with van der Waals surface area (Å²) in [6.07, 6.45) is 4.55. The molecular formula is C14H20N2. The number of hydrogen-bond donors (Lipinski definition) is 1. The second-order valence-electron chi connectivity index (χ2n) is 4.39. The van der Waals surface area contributed by atoms with Gasteiger partial charge in [0, 0.05) is 19.6 Å². The first-order valence-electron chi connectivity index (χ1n) is 6.03. The van der Waals surface area contributed by atoms with Crippen molar-refractivity contribution in [3.63, 3.8) is 0 Å². The molecule has 0 amide bonds. The quantitative estimate of drug-likeness (QED) is 0.782. The normalized spacial score (nSPS) is 19.4. The van der Waals surface area contributed by atoms with E-state index in [1.54, 1.807) is 5.57 Å². The first kappa shape index (κ1) is 11.4. The largest absolute Gasteiger partial charge is 0.330 e. The first-order valence-corrected chi connectivity index (χ1v) is 6.03. The van der Waals surface area contributed by atoms with Gasteiger partial charge in [-0.25, -0.2) is 0 Å². The van der Waals surface area contributed by atoms with E-state index < -0.39 is 0 Å². The Kier molecular flexibility index (Phi) is 4.14. The van der Waals surface area contributed by atoms with Gasteiger partial charge in [-0.3, -0.25) is 4.90 Å². The van der Waals surface area contributed by atoms with Gasteiger partial charge >= 0.3 is 0 Å². The van der Waals surface area contributed by atoms with Crippen LogP contribution >= 0.6 is 0 Å². The molecule has 0 spiro atoms. The molecule has 86 valence electrons. The minimum absolute atomic E-state index is 0.766. The number of benzene rings is 1. The number of nitrogens with zero attached hydrogens (tertiary/aromatic N) is 1. The van der Waals surface area contributed by atoms with Gasteiger partial charge in [0.05, 0.1) is 0 Å². The monoisotopic (exact) mass is 216 g/mol. The highest BCUT2D eigenvalue weighted by Gasteiger charge is 2.15. The summed E-state index contributed by atoms with van der Waals surface area (Å²) < 4.78 is 0. The van der Waals surface area contributed by atoms with Gasteiger partial charge in [-0.05, 0) is 24.9 Å². The van der Waals surface area contributed by atoms with Crippen LogP contribution in [0.2, 0.25) is 0 Å². The first-order chi connectivity index (χ1) is 7.88. The number of likely N-dealkylation sites (tertiary alicyclic amines) is 1. The summed E-state index contributed by atoms with van der Waals surface area (Å²) in [4.78, 5) is 2.50. The molecule has 1 aliphatic rings. The van der Waals surface area contributed by atoms with Crippen LogP contribution in [0.25, 0.3) is 0 Å². The Bertz CT molecular complexity index is 343. The number of hydrogen-bond acceptors (Lipinski definition) is 2. The van der Waals surface area contributed by atoms with E-state index in [1.807, 2.05) is 0 Å². The maximum atomic E-state index is 5.51. The zero-order valence-corrected chi connectivity index (χ0v) is 9.73. The van der Waals surface area contributed by atoms with Crippen molar-refractivity contribution >= 4 is 0 Å². The van der Waals surface area contributed by atoms with E-state index >= 15 is 0 Å². The SMILES string of the molecule is NCCC=C1CCN(Cc2ccccc2)C1. The van der Waals surface area contributed by atoms with Gasteiger partial charge in [0.1, 0.15) is 0 Å². The molecule has 1 aromatic carbocycles. The highest BCUT2D eigenvalue weighted by atomic mass is 15.1. The van der Waals surface area contributed by atoms with Gasteiger partial charge in [0.2, 0.25) is 0 Å². The Balaban J connectivity index is 1.85.